The van der Waals surface area contributed by atoms with Crippen molar-refractivity contribution in [2.45, 2.75) is 26.2 Å². The summed E-state index contributed by atoms with van der Waals surface area (Å²) in [4.78, 5) is 4.37. The second-order valence-electron chi connectivity index (χ2n) is 4.77. The molecule has 1 heterocycles. The molecule has 0 unspecified atom stereocenters. The molecule has 0 aliphatic carbocycles. The normalized spacial score (nSPS) is 12.0. The number of pyridine rings is 1. The quantitative estimate of drug-likeness (QED) is 0.764. The fraction of sp³-hybridized carbons (Fsp3) is 0.462. The Labute approximate surface area is 97.8 Å². The van der Waals surface area contributed by atoms with Gasteiger partial charge in [0.1, 0.15) is 5.82 Å². The van der Waals surface area contributed by atoms with Crippen LogP contribution in [0.1, 0.15) is 26.3 Å². The average molecular weight is 219 g/mol. The van der Waals surface area contributed by atoms with Crippen LogP contribution in [0.25, 0.3) is 0 Å². The number of hydrogen-bond donors (Lipinski definition) is 2. The Morgan fingerprint density at radius 3 is 2.56 bits per heavy atom. The van der Waals surface area contributed by atoms with Gasteiger partial charge in [-0.2, -0.15) is 0 Å². The summed E-state index contributed by atoms with van der Waals surface area (Å²) in [6.45, 7) is 7.89. The van der Waals surface area contributed by atoms with Gasteiger partial charge in [-0.15, -0.1) is 0 Å². The predicted octanol–water partition coefficient (Wildman–Crippen LogP) is 2.31. The molecule has 0 saturated carbocycles. The fourth-order valence-electron chi connectivity index (χ4n) is 1.29. The first kappa shape index (κ1) is 12.7. The van der Waals surface area contributed by atoms with E-state index < -0.39 is 0 Å². The molecule has 1 aromatic heterocycles. The highest BCUT2D eigenvalue weighted by molar-refractivity contribution is 5.37. The lowest BCUT2D eigenvalue weighted by Crippen LogP contribution is -2.11. The molecule has 16 heavy (non-hydrogen) atoms. The number of nitrogens with two attached hydrogens (primary N) is 1. The van der Waals surface area contributed by atoms with Crippen LogP contribution >= 0.6 is 0 Å². The number of nitrogens with zero attached hydrogens (tertiary/aromatic N) is 1. The molecule has 3 heteroatoms. The SMILES string of the molecule is CC(C)(C)c1ccc(NC/C=C/CN)nc1. The molecule has 3 N–H and O–H groups in total. The van der Waals surface area contributed by atoms with Crippen molar-refractivity contribution in [2.24, 2.45) is 5.73 Å². The maximum atomic E-state index is 5.35. The van der Waals surface area contributed by atoms with E-state index in [9.17, 15) is 0 Å². The van der Waals surface area contributed by atoms with Crippen molar-refractivity contribution in [3.05, 3.63) is 36.0 Å². The zero-order chi connectivity index (χ0) is 12.0. The largest absolute Gasteiger partial charge is 0.367 e. The van der Waals surface area contributed by atoms with Crippen LogP contribution in [0.2, 0.25) is 0 Å². The minimum atomic E-state index is 0.158. The highest BCUT2D eigenvalue weighted by Gasteiger charge is 2.13. The van der Waals surface area contributed by atoms with Gasteiger partial charge >= 0.3 is 0 Å². The van der Waals surface area contributed by atoms with E-state index in [1.54, 1.807) is 0 Å². The molecule has 88 valence electrons. The van der Waals surface area contributed by atoms with Gasteiger partial charge in [0.15, 0.2) is 0 Å². The second-order valence-corrected chi connectivity index (χ2v) is 4.77. The van der Waals surface area contributed by atoms with E-state index in [0.717, 1.165) is 12.4 Å². The van der Waals surface area contributed by atoms with Gasteiger partial charge < -0.3 is 11.1 Å². The zero-order valence-electron chi connectivity index (χ0n) is 10.3. The van der Waals surface area contributed by atoms with Crippen molar-refractivity contribution in [1.82, 2.24) is 4.98 Å². The molecule has 1 aromatic rings. The Kier molecular flexibility index (Phi) is 4.50. The first-order valence-electron chi connectivity index (χ1n) is 5.59. The highest BCUT2D eigenvalue weighted by atomic mass is 15.0. The molecule has 0 fully saturated rings. The van der Waals surface area contributed by atoms with E-state index in [1.807, 2.05) is 24.4 Å². The Balaban J connectivity index is 2.55. The molecule has 0 amide bonds. The van der Waals surface area contributed by atoms with E-state index >= 15 is 0 Å². The van der Waals surface area contributed by atoms with E-state index in [2.05, 4.69) is 37.1 Å². The molecule has 0 saturated heterocycles. The molecular weight excluding hydrogens is 198 g/mol. The van der Waals surface area contributed by atoms with Crippen LogP contribution in [0.3, 0.4) is 0 Å². The molecule has 0 atom stereocenters. The van der Waals surface area contributed by atoms with Gasteiger partial charge in [-0.3, -0.25) is 0 Å². The number of anilines is 1. The van der Waals surface area contributed by atoms with Gasteiger partial charge in [0.2, 0.25) is 0 Å². The van der Waals surface area contributed by atoms with Crippen LogP contribution in [-0.4, -0.2) is 18.1 Å². The van der Waals surface area contributed by atoms with Gasteiger partial charge in [0, 0.05) is 19.3 Å². The van der Waals surface area contributed by atoms with Gasteiger partial charge in [-0.05, 0) is 17.0 Å². The summed E-state index contributed by atoms with van der Waals surface area (Å²) in [6, 6.07) is 4.12. The minimum absolute atomic E-state index is 0.158. The highest BCUT2D eigenvalue weighted by Crippen LogP contribution is 2.21. The number of hydrogen-bond acceptors (Lipinski definition) is 3. The molecule has 3 nitrogen and oxygen atoms in total. The van der Waals surface area contributed by atoms with Gasteiger partial charge in [0.05, 0.1) is 0 Å². The summed E-state index contributed by atoms with van der Waals surface area (Å²) in [5.74, 6) is 0.898. The predicted molar refractivity (Wildman–Crippen MR) is 69.6 cm³/mol. The van der Waals surface area contributed by atoms with Crippen LogP contribution in [0.5, 0.6) is 0 Å². The molecule has 1 rings (SSSR count). The van der Waals surface area contributed by atoms with E-state index in [4.69, 9.17) is 5.73 Å². The lowest BCUT2D eigenvalue weighted by Gasteiger charge is -2.18. The monoisotopic (exact) mass is 219 g/mol. The molecular formula is C13H21N3. The standard InChI is InChI=1S/C13H21N3/c1-13(2,3)11-6-7-12(16-10-11)15-9-5-4-8-14/h4-7,10H,8-9,14H2,1-3H3,(H,15,16)/b5-4+. The van der Waals surface area contributed by atoms with Crippen molar-refractivity contribution < 1.29 is 0 Å². The van der Waals surface area contributed by atoms with Gasteiger partial charge in [-0.1, -0.05) is 39.0 Å². The maximum Gasteiger partial charge on any atom is 0.126 e. The lowest BCUT2D eigenvalue weighted by molar-refractivity contribution is 0.587. The third-order valence-corrected chi connectivity index (χ3v) is 2.33. The second kappa shape index (κ2) is 5.66. The third-order valence-electron chi connectivity index (χ3n) is 2.33. The lowest BCUT2D eigenvalue weighted by atomic mass is 9.88. The van der Waals surface area contributed by atoms with E-state index in [0.29, 0.717) is 6.54 Å². The Morgan fingerprint density at radius 2 is 2.06 bits per heavy atom. The summed E-state index contributed by atoms with van der Waals surface area (Å²) < 4.78 is 0. The number of rotatable bonds is 4. The summed E-state index contributed by atoms with van der Waals surface area (Å²) in [5, 5.41) is 3.20. The maximum absolute atomic E-state index is 5.35. The minimum Gasteiger partial charge on any atom is -0.367 e. The van der Waals surface area contributed by atoms with Crippen LogP contribution in [0.4, 0.5) is 5.82 Å². The Morgan fingerprint density at radius 1 is 1.31 bits per heavy atom. The van der Waals surface area contributed by atoms with Crippen LogP contribution in [0, 0.1) is 0 Å². The van der Waals surface area contributed by atoms with Crippen molar-refractivity contribution in [3.8, 4) is 0 Å². The molecule has 0 spiro atoms. The van der Waals surface area contributed by atoms with Crippen molar-refractivity contribution >= 4 is 5.82 Å². The van der Waals surface area contributed by atoms with Crippen LogP contribution in [0.15, 0.2) is 30.5 Å². The van der Waals surface area contributed by atoms with Gasteiger partial charge in [-0.25, -0.2) is 4.98 Å². The average Bonchev–Trinajstić information content (AvgIpc) is 2.24. The summed E-state index contributed by atoms with van der Waals surface area (Å²) in [7, 11) is 0. The fourth-order valence-corrected chi connectivity index (χ4v) is 1.29. The number of aromatic nitrogens is 1. The first-order chi connectivity index (χ1) is 7.54. The molecule has 0 radical (unpaired) electrons. The Hall–Kier alpha value is -1.35. The first-order valence-corrected chi connectivity index (χ1v) is 5.59. The molecule has 0 aliphatic rings. The molecule has 0 bridgehead atoms. The topological polar surface area (TPSA) is 50.9 Å². The molecule has 0 aliphatic heterocycles. The van der Waals surface area contributed by atoms with Crippen molar-refractivity contribution in [1.29, 1.82) is 0 Å². The van der Waals surface area contributed by atoms with Crippen molar-refractivity contribution in [2.75, 3.05) is 18.4 Å². The van der Waals surface area contributed by atoms with Crippen LogP contribution in [-0.2, 0) is 5.41 Å². The van der Waals surface area contributed by atoms with E-state index in [-0.39, 0.29) is 5.41 Å². The van der Waals surface area contributed by atoms with E-state index in [1.165, 1.54) is 5.56 Å². The Bertz CT molecular complexity index is 333. The van der Waals surface area contributed by atoms with Gasteiger partial charge in [0.25, 0.3) is 0 Å². The molecule has 0 aromatic carbocycles. The summed E-state index contributed by atoms with van der Waals surface area (Å²) in [6.07, 6.45) is 5.85. The zero-order valence-corrected chi connectivity index (χ0v) is 10.3. The smallest absolute Gasteiger partial charge is 0.126 e. The van der Waals surface area contributed by atoms with Crippen molar-refractivity contribution in [3.63, 3.8) is 0 Å². The third kappa shape index (κ3) is 4.03. The summed E-state index contributed by atoms with van der Waals surface area (Å²) in [5.41, 5.74) is 6.75. The summed E-state index contributed by atoms with van der Waals surface area (Å²) >= 11 is 0. The van der Waals surface area contributed by atoms with Crippen LogP contribution < -0.4 is 11.1 Å². The number of nitrogens with one attached hydrogen (secondary N) is 1.